The van der Waals surface area contributed by atoms with E-state index in [0.717, 1.165) is 30.2 Å². The summed E-state index contributed by atoms with van der Waals surface area (Å²) in [6.07, 6.45) is 2.88. The number of hydrogen-bond acceptors (Lipinski definition) is 4. The molecule has 1 N–H and O–H groups in total. The lowest BCUT2D eigenvalue weighted by atomic mass is 10.1. The molecule has 0 aliphatic carbocycles. The van der Waals surface area contributed by atoms with Crippen molar-refractivity contribution >= 4 is 11.3 Å². The van der Waals surface area contributed by atoms with Gasteiger partial charge in [-0.2, -0.15) is 5.10 Å². The van der Waals surface area contributed by atoms with Crippen LogP contribution in [0.3, 0.4) is 0 Å². The molecule has 0 aliphatic heterocycles. The maximum absolute atomic E-state index is 4.64. The highest BCUT2D eigenvalue weighted by atomic mass is 32.1. The molecular formula is C14H22N4S. The van der Waals surface area contributed by atoms with E-state index in [1.807, 2.05) is 11.6 Å². The van der Waals surface area contributed by atoms with Crippen LogP contribution < -0.4 is 5.32 Å². The predicted molar refractivity (Wildman–Crippen MR) is 79.8 cm³/mol. The van der Waals surface area contributed by atoms with Gasteiger partial charge >= 0.3 is 0 Å². The molecule has 0 fully saturated rings. The van der Waals surface area contributed by atoms with Gasteiger partial charge in [0.1, 0.15) is 5.01 Å². The molecule has 0 unspecified atom stereocenters. The van der Waals surface area contributed by atoms with Crippen LogP contribution in [0, 0.1) is 13.8 Å². The van der Waals surface area contributed by atoms with E-state index in [1.54, 1.807) is 11.3 Å². The van der Waals surface area contributed by atoms with Crippen molar-refractivity contribution < 1.29 is 0 Å². The maximum Gasteiger partial charge on any atom is 0.114 e. The molecule has 5 heteroatoms. The van der Waals surface area contributed by atoms with Gasteiger partial charge in [0, 0.05) is 23.3 Å². The fourth-order valence-corrected chi connectivity index (χ4v) is 2.79. The first-order valence-corrected chi connectivity index (χ1v) is 7.60. The summed E-state index contributed by atoms with van der Waals surface area (Å²) in [4.78, 5) is 4.32. The normalized spacial score (nSPS) is 11.4. The lowest BCUT2D eigenvalue weighted by Crippen LogP contribution is -2.25. The molecule has 0 radical (unpaired) electrons. The molecule has 0 bridgehead atoms. The summed E-state index contributed by atoms with van der Waals surface area (Å²) in [6.45, 7) is 10.4. The van der Waals surface area contributed by atoms with Crippen molar-refractivity contribution in [3.8, 4) is 0 Å². The zero-order valence-electron chi connectivity index (χ0n) is 12.1. The molecule has 4 nitrogen and oxygen atoms in total. The number of nitrogens with zero attached hydrogens (tertiary/aromatic N) is 3. The molecule has 104 valence electrons. The number of rotatable bonds is 6. The van der Waals surface area contributed by atoms with Crippen LogP contribution in [0.5, 0.6) is 0 Å². The molecule has 0 saturated carbocycles. The molecule has 0 aromatic carbocycles. The van der Waals surface area contributed by atoms with Crippen molar-refractivity contribution in [2.45, 2.75) is 46.7 Å². The Bertz CT molecular complexity index is 514. The highest BCUT2D eigenvalue weighted by Gasteiger charge is 2.12. The second kappa shape index (κ2) is 6.30. The van der Waals surface area contributed by atoms with Crippen LogP contribution in [0.2, 0.25) is 0 Å². The molecule has 0 spiro atoms. The van der Waals surface area contributed by atoms with E-state index in [-0.39, 0.29) is 0 Å². The number of hydrogen-bond donors (Lipinski definition) is 1. The minimum atomic E-state index is 0.533. The summed E-state index contributed by atoms with van der Waals surface area (Å²) in [5, 5.41) is 11.2. The van der Waals surface area contributed by atoms with Crippen molar-refractivity contribution in [3.63, 3.8) is 0 Å². The van der Waals surface area contributed by atoms with Crippen molar-refractivity contribution in [2.75, 3.05) is 6.54 Å². The lowest BCUT2D eigenvalue weighted by molar-refractivity contribution is 0.588. The van der Waals surface area contributed by atoms with Gasteiger partial charge in [-0.25, -0.2) is 4.98 Å². The van der Waals surface area contributed by atoms with Crippen LogP contribution in [-0.4, -0.2) is 27.4 Å². The van der Waals surface area contributed by atoms with Crippen LogP contribution >= 0.6 is 11.3 Å². The first kappa shape index (κ1) is 14.2. The average Bonchev–Trinajstić information content (AvgIpc) is 2.93. The second-order valence-corrected chi connectivity index (χ2v) is 6.07. The molecule has 2 rings (SSSR count). The maximum atomic E-state index is 4.64. The molecule has 0 saturated heterocycles. The van der Waals surface area contributed by atoms with Gasteiger partial charge in [0.2, 0.25) is 0 Å². The van der Waals surface area contributed by atoms with E-state index in [4.69, 9.17) is 0 Å². The van der Waals surface area contributed by atoms with Gasteiger partial charge in [-0.3, -0.25) is 4.68 Å². The summed E-state index contributed by atoms with van der Waals surface area (Å²) in [6, 6.07) is 0.533. The van der Waals surface area contributed by atoms with Crippen LogP contribution in [-0.2, 0) is 13.0 Å². The zero-order valence-corrected chi connectivity index (χ0v) is 12.9. The molecular weight excluding hydrogens is 256 g/mol. The highest BCUT2D eigenvalue weighted by Crippen LogP contribution is 2.16. The predicted octanol–water partition coefficient (Wildman–Crippen LogP) is 2.55. The Balaban J connectivity index is 2.06. The Morgan fingerprint density at radius 2 is 2.16 bits per heavy atom. The first-order chi connectivity index (χ1) is 9.08. The Kier molecular flexibility index (Phi) is 4.71. The van der Waals surface area contributed by atoms with Gasteiger partial charge in [-0.05, 0) is 32.4 Å². The van der Waals surface area contributed by atoms with Crippen molar-refractivity contribution in [3.05, 3.63) is 33.5 Å². The highest BCUT2D eigenvalue weighted by molar-refractivity contribution is 7.09. The molecule has 19 heavy (non-hydrogen) atoms. The Morgan fingerprint density at radius 3 is 2.79 bits per heavy atom. The SMILES string of the molecule is Cc1nn(Cc2nccs2)c(C)c1CCNC(C)C. The van der Waals surface area contributed by atoms with Crippen molar-refractivity contribution in [1.82, 2.24) is 20.1 Å². The third-order valence-corrected chi connectivity index (χ3v) is 3.99. The fraction of sp³-hybridized carbons (Fsp3) is 0.571. The number of aryl methyl sites for hydroxylation is 1. The number of nitrogens with one attached hydrogen (secondary N) is 1. The number of aromatic nitrogens is 3. The van der Waals surface area contributed by atoms with Crippen LogP contribution in [0.4, 0.5) is 0 Å². The van der Waals surface area contributed by atoms with E-state index >= 15 is 0 Å². The second-order valence-electron chi connectivity index (χ2n) is 5.09. The van der Waals surface area contributed by atoms with E-state index < -0.39 is 0 Å². The quantitative estimate of drug-likeness (QED) is 0.883. The monoisotopic (exact) mass is 278 g/mol. The largest absolute Gasteiger partial charge is 0.314 e. The third kappa shape index (κ3) is 3.64. The van der Waals surface area contributed by atoms with Crippen molar-refractivity contribution in [1.29, 1.82) is 0 Å². The minimum Gasteiger partial charge on any atom is -0.314 e. The van der Waals surface area contributed by atoms with Crippen LogP contribution in [0.25, 0.3) is 0 Å². The van der Waals surface area contributed by atoms with E-state index in [2.05, 4.69) is 47.8 Å². The van der Waals surface area contributed by atoms with Gasteiger partial charge in [0.05, 0.1) is 12.2 Å². The average molecular weight is 278 g/mol. The summed E-state index contributed by atoms with van der Waals surface area (Å²) < 4.78 is 2.07. The van der Waals surface area contributed by atoms with E-state index in [1.165, 1.54) is 11.3 Å². The fourth-order valence-electron chi connectivity index (χ4n) is 2.19. The Morgan fingerprint density at radius 1 is 1.37 bits per heavy atom. The molecule has 2 aromatic rings. The Hall–Kier alpha value is -1.20. The topological polar surface area (TPSA) is 42.7 Å². The van der Waals surface area contributed by atoms with Crippen molar-refractivity contribution in [2.24, 2.45) is 0 Å². The molecule has 0 aliphatic rings. The summed E-state index contributed by atoms with van der Waals surface area (Å²) >= 11 is 1.68. The minimum absolute atomic E-state index is 0.533. The van der Waals surface area contributed by atoms with Crippen LogP contribution in [0.1, 0.15) is 35.8 Å². The van der Waals surface area contributed by atoms with E-state index in [0.29, 0.717) is 6.04 Å². The molecule has 2 heterocycles. The molecule has 0 atom stereocenters. The van der Waals surface area contributed by atoms with Gasteiger partial charge in [0.15, 0.2) is 0 Å². The van der Waals surface area contributed by atoms with E-state index in [9.17, 15) is 0 Å². The smallest absolute Gasteiger partial charge is 0.114 e. The number of thiazole rings is 1. The Labute approximate surface area is 118 Å². The van der Waals surface area contributed by atoms with Gasteiger partial charge in [0.25, 0.3) is 0 Å². The summed E-state index contributed by atoms with van der Waals surface area (Å²) in [5.41, 5.74) is 3.77. The van der Waals surface area contributed by atoms with Gasteiger partial charge in [-0.15, -0.1) is 11.3 Å². The third-order valence-electron chi connectivity index (χ3n) is 3.23. The zero-order chi connectivity index (χ0) is 13.8. The summed E-state index contributed by atoms with van der Waals surface area (Å²) in [5.74, 6) is 0. The molecule has 0 amide bonds. The summed E-state index contributed by atoms with van der Waals surface area (Å²) in [7, 11) is 0. The molecule has 2 aromatic heterocycles. The first-order valence-electron chi connectivity index (χ1n) is 6.72. The van der Waals surface area contributed by atoms with Gasteiger partial charge < -0.3 is 5.32 Å². The standard InChI is InChI=1S/C14H22N4S/c1-10(2)15-6-5-13-11(3)17-18(12(13)4)9-14-16-7-8-19-14/h7-8,10,15H,5-6,9H2,1-4H3. The van der Waals surface area contributed by atoms with Crippen LogP contribution in [0.15, 0.2) is 11.6 Å². The lowest BCUT2D eigenvalue weighted by Gasteiger charge is -2.08. The van der Waals surface area contributed by atoms with Gasteiger partial charge in [-0.1, -0.05) is 13.8 Å².